The maximum Gasteiger partial charge on any atom is 0.224 e. The van der Waals surface area contributed by atoms with Gasteiger partial charge in [-0.05, 0) is 66.7 Å². The second-order valence-electron chi connectivity index (χ2n) is 25.8. The first-order valence-corrected chi connectivity index (χ1v) is 34.5. The van der Waals surface area contributed by atoms with Crippen LogP contribution < -0.4 is 44.4 Å². The summed E-state index contributed by atoms with van der Waals surface area (Å²) >= 11 is 22.3. The number of aromatic nitrogens is 3. The van der Waals surface area contributed by atoms with Crippen LogP contribution >= 0.6 is 50.7 Å². The molecule has 6 aliphatic rings. The molecule has 0 bridgehead atoms. The smallest absolute Gasteiger partial charge is 0.224 e. The molecule has 0 amide bonds. The van der Waals surface area contributed by atoms with Crippen LogP contribution in [0.2, 0.25) is 15.5 Å². The third-order valence-corrected chi connectivity index (χ3v) is 22.1. The quantitative estimate of drug-likeness (QED) is 0.0341. The van der Waals surface area contributed by atoms with E-state index in [9.17, 15) is 30.6 Å². The summed E-state index contributed by atoms with van der Waals surface area (Å²) in [5.74, 6) is -1.27. The zero-order valence-corrected chi connectivity index (χ0v) is 59.4. The van der Waals surface area contributed by atoms with Gasteiger partial charge in [0.2, 0.25) is 17.6 Å². The number of aliphatic hydroxyl groups excluding tert-OH is 3. The lowest BCUT2D eigenvalue weighted by Gasteiger charge is -2.41. The molecular weight excluding hydrogens is 1420 g/mol. The van der Waals surface area contributed by atoms with Crippen LogP contribution in [0.25, 0.3) is 9.69 Å². The minimum absolute atomic E-state index is 0.0978. The Balaban J connectivity index is 0.000000135. The van der Waals surface area contributed by atoms with Gasteiger partial charge in [-0.1, -0.05) is 202 Å². The fraction of sp³-hybridized carbons (Fsp3) is 0.312. The van der Waals surface area contributed by atoms with E-state index in [0.29, 0.717) is 64.9 Å². The summed E-state index contributed by atoms with van der Waals surface area (Å²) in [5, 5.41) is 83.2. The number of aliphatic hydroxyl groups is 6. The number of hydrogen-bond donors (Lipinski definition) is 9. The molecule has 24 heteroatoms. The highest BCUT2D eigenvalue weighted by Crippen LogP contribution is 2.73. The molecule has 0 saturated heterocycles. The van der Waals surface area contributed by atoms with Crippen LogP contribution in [0.5, 0.6) is 34.9 Å². The van der Waals surface area contributed by atoms with Crippen LogP contribution in [0.1, 0.15) is 67.8 Å². The van der Waals surface area contributed by atoms with Crippen LogP contribution in [-0.4, -0.2) is 126 Å². The van der Waals surface area contributed by atoms with E-state index in [1.807, 2.05) is 122 Å². The van der Waals surface area contributed by atoms with E-state index in [0.717, 1.165) is 26.7 Å². The van der Waals surface area contributed by atoms with Gasteiger partial charge in [-0.3, -0.25) is 0 Å². The lowest BCUT2D eigenvalue weighted by Crippen LogP contribution is -2.52. The van der Waals surface area contributed by atoms with Gasteiger partial charge in [-0.2, -0.15) is 0 Å². The molecule has 3 fully saturated rings. The molecule has 0 unspecified atom stereocenters. The molecule has 15 atom stereocenters. The second-order valence-corrected chi connectivity index (χ2v) is 27.9. The first-order chi connectivity index (χ1) is 48.7. The first kappa shape index (κ1) is 71.0. The van der Waals surface area contributed by atoms with E-state index in [1.54, 1.807) is 68.7 Å². The third-order valence-electron chi connectivity index (χ3n) is 21.0. The monoisotopic (exact) mass is 1480 g/mol. The highest BCUT2D eigenvalue weighted by atomic mass is 79.9. The number of nitrogens with one attached hydrogen (secondary N) is 3. The van der Waals surface area contributed by atoms with Crippen molar-refractivity contribution in [3.05, 3.63) is 275 Å². The van der Waals surface area contributed by atoms with Gasteiger partial charge in [-0.25, -0.2) is 24.6 Å². The topological polar surface area (TPSA) is 260 Å². The fourth-order valence-corrected chi connectivity index (χ4v) is 18.1. The summed E-state index contributed by atoms with van der Waals surface area (Å²) in [6, 6.07) is 55.3. The Kier molecular flexibility index (Phi) is 19.5. The van der Waals surface area contributed by atoms with Gasteiger partial charge in [0.15, 0.2) is 45.0 Å². The molecule has 0 radical (unpaired) electrons. The van der Waals surface area contributed by atoms with Gasteiger partial charge in [0.05, 0.1) is 69.5 Å². The number of methoxy groups -OCH3 is 3. The predicted octanol–water partition coefficient (Wildman–Crippen LogP) is 11.5. The van der Waals surface area contributed by atoms with Crippen molar-refractivity contribution in [3.63, 3.8) is 0 Å². The van der Waals surface area contributed by atoms with E-state index in [2.05, 4.69) is 56.5 Å². The van der Waals surface area contributed by atoms with Crippen molar-refractivity contribution >= 4 is 62.1 Å². The van der Waals surface area contributed by atoms with Gasteiger partial charge in [0.1, 0.15) is 32.7 Å². The van der Waals surface area contributed by atoms with Crippen molar-refractivity contribution in [1.29, 1.82) is 0 Å². The zero-order chi connectivity index (χ0) is 71.6. The van der Waals surface area contributed by atoms with E-state index < -0.39 is 81.5 Å². The Morgan fingerprint density at radius 2 is 0.693 bits per heavy atom. The largest absolute Gasteiger partial charge is 0.481 e. The summed E-state index contributed by atoms with van der Waals surface area (Å²) in [6.07, 6.45) is -3.65. The highest BCUT2D eigenvalue weighted by molar-refractivity contribution is 9.10. The Hall–Kier alpha value is -8.46. The average Bonchev–Trinajstić information content (AvgIpc) is 1.51. The van der Waals surface area contributed by atoms with Gasteiger partial charge in [-0.15, -0.1) is 0 Å². The standard InChI is InChI=1S/2C26H24ClN3O4.C25H24BrClN2O4/c2*1-28-14-18-21(15-7-5-4-6-8-15)26(16-9-11-17(29-2)12-10-16)25(32,23(18)31)22-19(34-26)13-20(27)30-24(22)33-3;1-28-13-17-20(14-6-4-3-5-7-14)25(15-8-10-16(26)11-9-15)24(31,22(17)30)21-18(33-25)12-19(27)29-23(21)32-2/h2*4-13,18,21,23,28,31-32H,14H2,1,3H3;3-12,17,20,22,28,30-31H,13H2,1-2H3/t2*18-,21-,23-,25+,26+;17-,20-,22-,24+,25+/m111/s1. The molecule has 3 saturated carbocycles. The maximum absolute atomic E-state index is 12.6. The van der Waals surface area contributed by atoms with Gasteiger partial charge in [0.25, 0.3) is 0 Å². The van der Waals surface area contributed by atoms with E-state index in [1.165, 1.54) is 33.5 Å². The van der Waals surface area contributed by atoms with Crippen LogP contribution in [-0.2, 0) is 33.6 Å². The Labute approximate surface area is 607 Å². The summed E-state index contributed by atoms with van der Waals surface area (Å²) in [6.45, 7) is 16.0. The summed E-state index contributed by atoms with van der Waals surface area (Å²) < 4.78 is 37.6. The number of fused-ring (bicyclic) bond motifs is 9. The molecule has 3 aromatic heterocycles. The van der Waals surface area contributed by atoms with Crippen molar-refractivity contribution in [2.75, 3.05) is 62.1 Å². The number of hydrogen-bond acceptors (Lipinski definition) is 18. The molecule has 3 aliphatic carbocycles. The number of halogens is 4. The molecule has 20 nitrogen and oxygen atoms in total. The highest BCUT2D eigenvalue weighted by Gasteiger charge is 2.80. The lowest BCUT2D eigenvalue weighted by molar-refractivity contribution is -0.152. The maximum atomic E-state index is 12.6. The summed E-state index contributed by atoms with van der Waals surface area (Å²) in [7, 11) is 9.78. The summed E-state index contributed by atoms with van der Waals surface area (Å²) in [4.78, 5) is 19.8. The molecule has 0 spiro atoms. The lowest BCUT2D eigenvalue weighted by atomic mass is 9.71. The van der Waals surface area contributed by atoms with Gasteiger partial charge < -0.3 is 75.0 Å². The SMILES string of the molecule is CNC[C@H]1[C@@H](O)[C@@]2(O)c3c(cc(Cl)nc3OC)O[C@@]2(c2ccc(Br)cc2)[C@@H]1c1ccccc1.[C-]#[N+]c1ccc([C@@]23Oc4cc(Cl)nc(OC)c4[C@]2(O)[C@H](O)[C@H](CNC)[C@H]3c2ccccc2)cc1.[C-]#[N+]c1ccc([C@@]23Oc4cc(Cl)nc(OC)c4[C@]2(O)[C@H](O)[C@H](CNC)[C@H]3c2ccccc2)cc1. The molecule has 101 heavy (non-hydrogen) atoms. The van der Waals surface area contributed by atoms with Crippen LogP contribution in [0.4, 0.5) is 11.4 Å². The van der Waals surface area contributed by atoms with Gasteiger partial charge in [0, 0.05) is 77.8 Å². The molecule has 9 aromatic rings. The van der Waals surface area contributed by atoms with E-state index >= 15 is 0 Å². The van der Waals surface area contributed by atoms with Crippen molar-refractivity contribution < 1.29 is 59.1 Å². The molecule has 6 heterocycles. The number of rotatable bonds is 15. The second kappa shape index (κ2) is 27.7. The third kappa shape index (κ3) is 10.6. The normalized spacial score (nSPS) is 29.4. The molecule has 520 valence electrons. The number of pyridine rings is 3. The van der Waals surface area contributed by atoms with Crippen LogP contribution in [0, 0.1) is 30.9 Å². The van der Waals surface area contributed by atoms with Crippen molar-refractivity contribution in [2.24, 2.45) is 17.8 Å². The Morgan fingerprint density at radius 3 is 0.931 bits per heavy atom. The van der Waals surface area contributed by atoms with E-state index in [4.69, 9.17) is 76.4 Å². The minimum Gasteiger partial charge on any atom is -0.481 e. The van der Waals surface area contributed by atoms with Crippen LogP contribution in [0.15, 0.2) is 186 Å². The van der Waals surface area contributed by atoms with Crippen molar-refractivity contribution in [2.45, 2.75) is 69.7 Å². The van der Waals surface area contributed by atoms with Gasteiger partial charge >= 0.3 is 0 Å². The van der Waals surface area contributed by atoms with E-state index in [-0.39, 0.29) is 50.1 Å². The average molecular weight is 1490 g/mol. The molecule has 9 N–H and O–H groups in total. The zero-order valence-electron chi connectivity index (χ0n) is 55.5. The number of ether oxygens (including phenoxy) is 6. The van der Waals surface area contributed by atoms with Crippen LogP contribution in [0.3, 0.4) is 0 Å². The van der Waals surface area contributed by atoms with Crippen molar-refractivity contribution in [1.82, 2.24) is 30.9 Å². The molecule has 15 rings (SSSR count). The fourth-order valence-electron chi connectivity index (χ4n) is 17.3. The molecule has 6 aromatic carbocycles. The van der Waals surface area contributed by atoms with Crippen molar-refractivity contribution in [3.8, 4) is 34.9 Å². The first-order valence-electron chi connectivity index (χ1n) is 32.6. The molecule has 3 aliphatic heterocycles. The Bertz CT molecular complexity index is 4430. The predicted molar refractivity (Wildman–Crippen MR) is 383 cm³/mol. The number of benzene rings is 6. The Morgan fingerprint density at radius 1 is 0.436 bits per heavy atom. The molecular formula is C77H72BrCl3N8O12. The summed E-state index contributed by atoms with van der Waals surface area (Å²) in [5.41, 5.74) is -3.39. The minimum atomic E-state index is -1.91. The number of nitrogens with zero attached hydrogens (tertiary/aromatic N) is 5.